The number of hydrogen-bond acceptors (Lipinski definition) is 4. The molecule has 4 aromatic rings. The smallest absolute Gasteiger partial charge is 0.337 e. The van der Waals surface area contributed by atoms with Gasteiger partial charge in [0.25, 0.3) is 0 Å². The first-order valence-electron chi connectivity index (χ1n) is 8.13. The van der Waals surface area contributed by atoms with Crippen molar-refractivity contribution in [1.29, 1.82) is 0 Å². The Bertz CT molecular complexity index is 1210. The summed E-state index contributed by atoms with van der Waals surface area (Å²) in [5.74, 6) is -1.10. The van der Waals surface area contributed by atoms with Crippen LogP contribution in [0.25, 0.3) is 16.7 Å². The summed E-state index contributed by atoms with van der Waals surface area (Å²) >= 11 is 12.4. The Morgan fingerprint density at radius 2 is 1.64 bits per heavy atom. The predicted molar refractivity (Wildman–Crippen MR) is 106 cm³/mol. The quantitative estimate of drug-likeness (QED) is 0.493. The van der Waals surface area contributed by atoms with Crippen LogP contribution >= 0.6 is 23.2 Å². The van der Waals surface area contributed by atoms with Crippen LogP contribution in [-0.2, 0) is 0 Å². The van der Waals surface area contributed by atoms with E-state index in [0.29, 0.717) is 16.7 Å². The van der Waals surface area contributed by atoms with E-state index < -0.39 is 11.8 Å². The minimum Gasteiger partial charge on any atom is -0.478 e. The number of carbonyl (C=O) groups excluding carboxylic acids is 1. The zero-order valence-corrected chi connectivity index (χ0v) is 15.6. The maximum absolute atomic E-state index is 13.1. The van der Waals surface area contributed by atoms with Gasteiger partial charge in [-0.2, -0.15) is 5.10 Å². The van der Waals surface area contributed by atoms with Crippen molar-refractivity contribution in [3.8, 4) is 5.82 Å². The second kappa shape index (κ2) is 7.07. The van der Waals surface area contributed by atoms with Crippen LogP contribution in [0.3, 0.4) is 0 Å². The van der Waals surface area contributed by atoms with Gasteiger partial charge in [-0.05, 0) is 30.3 Å². The lowest BCUT2D eigenvalue weighted by Gasteiger charge is -2.04. The summed E-state index contributed by atoms with van der Waals surface area (Å²) in [5.41, 5.74) is 1.05. The van der Waals surface area contributed by atoms with E-state index in [-0.39, 0.29) is 26.9 Å². The SMILES string of the molecule is O=C(O)c1ccc(-n2nc(C(=O)c3c(Cl)cccc3Cl)c3ccccc32)nc1. The minimum atomic E-state index is -1.08. The van der Waals surface area contributed by atoms with Crippen LogP contribution in [-0.4, -0.2) is 31.6 Å². The molecule has 1 N–H and O–H groups in total. The van der Waals surface area contributed by atoms with E-state index in [4.69, 9.17) is 28.3 Å². The average molecular weight is 412 g/mol. The Morgan fingerprint density at radius 1 is 0.929 bits per heavy atom. The Balaban J connectivity index is 1.90. The van der Waals surface area contributed by atoms with Crippen molar-refractivity contribution >= 4 is 45.9 Å². The molecule has 0 saturated carbocycles. The number of carboxylic acid groups (broad SMARTS) is 1. The van der Waals surface area contributed by atoms with Gasteiger partial charge in [-0.15, -0.1) is 0 Å². The molecule has 0 unspecified atom stereocenters. The third-order valence-electron chi connectivity index (χ3n) is 4.20. The lowest BCUT2D eigenvalue weighted by Crippen LogP contribution is -2.07. The molecule has 0 spiro atoms. The van der Waals surface area contributed by atoms with Crippen molar-refractivity contribution in [2.75, 3.05) is 0 Å². The first-order valence-corrected chi connectivity index (χ1v) is 8.89. The van der Waals surface area contributed by atoms with E-state index in [0.717, 1.165) is 0 Å². The fraction of sp³-hybridized carbons (Fsp3) is 0. The molecule has 2 aromatic heterocycles. The van der Waals surface area contributed by atoms with Crippen molar-refractivity contribution in [3.63, 3.8) is 0 Å². The Hall–Kier alpha value is -3.22. The molecule has 6 nitrogen and oxygen atoms in total. The van der Waals surface area contributed by atoms with Crippen LogP contribution in [0.4, 0.5) is 0 Å². The van der Waals surface area contributed by atoms with Crippen LogP contribution in [0.1, 0.15) is 26.4 Å². The van der Waals surface area contributed by atoms with Gasteiger partial charge in [0.2, 0.25) is 5.78 Å². The van der Waals surface area contributed by atoms with Gasteiger partial charge in [0.05, 0.1) is 26.7 Å². The van der Waals surface area contributed by atoms with Gasteiger partial charge < -0.3 is 5.11 Å². The highest BCUT2D eigenvalue weighted by Gasteiger charge is 2.23. The maximum Gasteiger partial charge on any atom is 0.337 e. The predicted octanol–water partition coefficient (Wildman–Crippen LogP) is 4.66. The summed E-state index contributed by atoms with van der Waals surface area (Å²) in [4.78, 5) is 28.3. The van der Waals surface area contributed by atoms with Crippen molar-refractivity contribution in [3.05, 3.63) is 87.7 Å². The van der Waals surface area contributed by atoms with E-state index in [1.165, 1.54) is 23.0 Å². The third-order valence-corrected chi connectivity index (χ3v) is 4.83. The fourth-order valence-corrected chi connectivity index (χ4v) is 3.45. The summed E-state index contributed by atoms with van der Waals surface area (Å²) < 4.78 is 1.49. The molecule has 0 bridgehead atoms. The number of halogens is 2. The second-order valence-electron chi connectivity index (χ2n) is 5.91. The largest absolute Gasteiger partial charge is 0.478 e. The van der Waals surface area contributed by atoms with Crippen LogP contribution in [0, 0.1) is 0 Å². The number of rotatable bonds is 4. The Kier molecular flexibility index (Phi) is 4.58. The van der Waals surface area contributed by atoms with Gasteiger partial charge in [-0.1, -0.05) is 47.5 Å². The number of fused-ring (bicyclic) bond motifs is 1. The summed E-state index contributed by atoms with van der Waals surface area (Å²) in [7, 11) is 0. The molecule has 0 fully saturated rings. The zero-order chi connectivity index (χ0) is 19.8. The number of carbonyl (C=O) groups is 2. The first-order chi connectivity index (χ1) is 13.5. The van der Waals surface area contributed by atoms with E-state index in [2.05, 4.69) is 10.1 Å². The van der Waals surface area contributed by atoms with Crippen molar-refractivity contribution in [1.82, 2.24) is 14.8 Å². The summed E-state index contributed by atoms with van der Waals surface area (Å²) in [6.07, 6.45) is 1.24. The monoisotopic (exact) mass is 411 g/mol. The molecule has 0 saturated heterocycles. The van der Waals surface area contributed by atoms with E-state index in [1.54, 1.807) is 36.4 Å². The molecule has 0 aliphatic rings. The number of nitrogens with zero attached hydrogens (tertiary/aromatic N) is 3. The minimum absolute atomic E-state index is 0.0550. The number of ketones is 1. The second-order valence-corrected chi connectivity index (χ2v) is 6.73. The van der Waals surface area contributed by atoms with Gasteiger partial charge in [0.15, 0.2) is 5.82 Å². The first kappa shape index (κ1) is 18.2. The number of hydrogen-bond donors (Lipinski definition) is 1. The van der Waals surface area contributed by atoms with Gasteiger partial charge in [0.1, 0.15) is 5.69 Å². The fourth-order valence-electron chi connectivity index (χ4n) is 2.88. The maximum atomic E-state index is 13.1. The van der Waals surface area contributed by atoms with Crippen molar-refractivity contribution in [2.45, 2.75) is 0 Å². The molecule has 0 radical (unpaired) electrons. The lowest BCUT2D eigenvalue weighted by molar-refractivity contribution is 0.0696. The summed E-state index contributed by atoms with van der Waals surface area (Å²) in [6, 6.07) is 14.9. The van der Waals surface area contributed by atoms with Crippen LogP contribution in [0.5, 0.6) is 0 Å². The number of aromatic nitrogens is 3. The molecule has 2 heterocycles. The number of benzene rings is 2. The summed E-state index contributed by atoms with van der Waals surface area (Å²) in [6.45, 7) is 0. The Morgan fingerprint density at radius 3 is 2.29 bits per heavy atom. The molecule has 2 aromatic carbocycles. The number of pyridine rings is 1. The molecule has 0 aliphatic heterocycles. The third kappa shape index (κ3) is 3.02. The standard InChI is InChI=1S/C20H11Cl2N3O3/c21-13-5-3-6-14(22)17(13)19(26)18-12-4-1-2-7-15(12)25(24-18)16-9-8-11(10-23-16)20(27)28/h1-10H,(H,27,28). The topological polar surface area (TPSA) is 85.1 Å². The number of carboxylic acids is 1. The van der Waals surface area contributed by atoms with E-state index >= 15 is 0 Å². The highest BCUT2D eigenvalue weighted by atomic mass is 35.5. The Labute approximate surface area is 169 Å². The van der Waals surface area contributed by atoms with Gasteiger partial charge in [-0.3, -0.25) is 4.79 Å². The molecular weight excluding hydrogens is 401 g/mol. The van der Waals surface area contributed by atoms with Crippen molar-refractivity contribution < 1.29 is 14.7 Å². The van der Waals surface area contributed by atoms with Crippen LogP contribution < -0.4 is 0 Å². The molecular formula is C20H11Cl2N3O3. The highest BCUT2D eigenvalue weighted by molar-refractivity contribution is 6.41. The molecule has 4 rings (SSSR count). The molecule has 0 atom stereocenters. The zero-order valence-electron chi connectivity index (χ0n) is 14.1. The van der Waals surface area contributed by atoms with Crippen molar-refractivity contribution in [2.24, 2.45) is 0 Å². The van der Waals surface area contributed by atoms with Gasteiger partial charge in [-0.25, -0.2) is 14.5 Å². The molecule has 28 heavy (non-hydrogen) atoms. The molecule has 138 valence electrons. The number of para-hydroxylation sites is 1. The molecule has 0 aliphatic carbocycles. The molecule has 8 heteroatoms. The van der Waals surface area contributed by atoms with Crippen LogP contribution in [0.15, 0.2) is 60.8 Å². The normalized spacial score (nSPS) is 10.9. The average Bonchev–Trinajstić information content (AvgIpc) is 3.07. The van der Waals surface area contributed by atoms with Gasteiger partial charge >= 0.3 is 5.97 Å². The number of aromatic carboxylic acids is 1. The van der Waals surface area contributed by atoms with E-state index in [1.807, 2.05) is 6.07 Å². The van der Waals surface area contributed by atoms with Crippen LogP contribution in [0.2, 0.25) is 10.0 Å². The lowest BCUT2D eigenvalue weighted by atomic mass is 10.1. The molecule has 0 amide bonds. The van der Waals surface area contributed by atoms with Gasteiger partial charge in [0, 0.05) is 11.6 Å². The van der Waals surface area contributed by atoms with E-state index in [9.17, 15) is 9.59 Å². The summed E-state index contributed by atoms with van der Waals surface area (Å²) in [5, 5.41) is 14.6. The highest BCUT2D eigenvalue weighted by Crippen LogP contribution is 2.30.